The monoisotopic (exact) mass is 326 g/mol. The minimum atomic E-state index is 0.287. The Kier molecular flexibility index (Phi) is 5.59. The van der Waals surface area contributed by atoms with Gasteiger partial charge in [0.15, 0.2) is 0 Å². The van der Waals surface area contributed by atoms with Gasteiger partial charge in [0.1, 0.15) is 17.6 Å². The van der Waals surface area contributed by atoms with E-state index in [1.54, 1.807) is 7.11 Å². The first-order valence-corrected chi connectivity index (χ1v) is 8.65. The van der Waals surface area contributed by atoms with Crippen LogP contribution in [-0.4, -0.2) is 26.3 Å². The zero-order chi connectivity index (χ0) is 16.8. The van der Waals surface area contributed by atoms with Crippen LogP contribution in [0.4, 0.5) is 5.69 Å². The molecule has 0 spiro atoms. The fourth-order valence-corrected chi connectivity index (χ4v) is 2.86. The van der Waals surface area contributed by atoms with E-state index in [2.05, 4.69) is 47.9 Å². The van der Waals surface area contributed by atoms with Crippen LogP contribution >= 0.6 is 0 Å². The lowest BCUT2D eigenvalue weighted by Gasteiger charge is -2.27. The number of hydrogen-bond acceptors (Lipinski definition) is 4. The van der Waals surface area contributed by atoms with Crippen molar-refractivity contribution in [3.63, 3.8) is 0 Å². The maximum absolute atomic E-state index is 5.95. The molecule has 24 heavy (non-hydrogen) atoms. The van der Waals surface area contributed by atoms with E-state index in [0.717, 1.165) is 49.7 Å². The third-order valence-corrected chi connectivity index (χ3v) is 4.39. The highest BCUT2D eigenvalue weighted by Gasteiger charge is 2.17. The van der Waals surface area contributed by atoms with Gasteiger partial charge in [-0.05, 0) is 54.8 Å². The van der Waals surface area contributed by atoms with Gasteiger partial charge < -0.3 is 20.1 Å². The van der Waals surface area contributed by atoms with E-state index in [1.807, 2.05) is 12.1 Å². The predicted octanol–water partition coefficient (Wildman–Crippen LogP) is 3.61. The van der Waals surface area contributed by atoms with Crippen molar-refractivity contribution >= 4 is 5.69 Å². The Bertz CT molecular complexity index is 655. The van der Waals surface area contributed by atoms with Crippen molar-refractivity contribution in [1.29, 1.82) is 0 Å². The van der Waals surface area contributed by atoms with Gasteiger partial charge in [0, 0.05) is 6.54 Å². The Morgan fingerprint density at radius 1 is 1.17 bits per heavy atom. The molecule has 1 heterocycles. The number of rotatable bonds is 7. The normalized spacial score (nSPS) is 16.0. The molecule has 0 amide bonds. The van der Waals surface area contributed by atoms with Crippen molar-refractivity contribution < 1.29 is 9.47 Å². The molecular formula is C20H26N2O2. The van der Waals surface area contributed by atoms with Crippen LogP contribution in [0.2, 0.25) is 0 Å². The second kappa shape index (κ2) is 8.06. The molecule has 0 fully saturated rings. The molecule has 1 aliphatic heterocycles. The van der Waals surface area contributed by atoms with Crippen LogP contribution in [0.1, 0.15) is 24.5 Å². The first kappa shape index (κ1) is 16.7. The summed E-state index contributed by atoms with van der Waals surface area (Å²) in [6.07, 6.45) is 2.32. The largest absolute Gasteiger partial charge is 0.497 e. The summed E-state index contributed by atoms with van der Waals surface area (Å²) in [6.45, 7) is 4.86. The van der Waals surface area contributed by atoms with Gasteiger partial charge in [-0.25, -0.2) is 0 Å². The Hall–Kier alpha value is -2.20. The average molecular weight is 326 g/mol. The summed E-state index contributed by atoms with van der Waals surface area (Å²) in [5.74, 6) is 1.87. The van der Waals surface area contributed by atoms with Crippen LogP contribution < -0.4 is 20.1 Å². The quantitative estimate of drug-likeness (QED) is 0.763. The Morgan fingerprint density at radius 2 is 1.96 bits per heavy atom. The summed E-state index contributed by atoms with van der Waals surface area (Å²) in [5, 5.41) is 6.97. The smallest absolute Gasteiger partial charge is 0.142 e. The maximum Gasteiger partial charge on any atom is 0.142 e. The highest BCUT2D eigenvalue weighted by atomic mass is 16.5. The van der Waals surface area contributed by atoms with Crippen molar-refractivity contribution in [3.05, 3.63) is 53.6 Å². The number of benzene rings is 2. The first-order valence-electron chi connectivity index (χ1n) is 8.65. The molecule has 0 aliphatic carbocycles. The summed E-state index contributed by atoms with van der Waals surface area (Å²) in [5.41, 5.74) is 3.70. The Morgan fingerprint density at radius 3 is 2.71 bits per heavy atom. The van der Waals surface area contributed by atoms with Crippen LogP contribution in [0.5, 0.6) is 11.5 Å². The molecule has 2 aromatic carbocycles. The lowest BCUT2D eigenvalue weighted by molar-refractivity contribution is 0.202. The van der Waals surface area contributed by atoms with Gasteiger partial charge in [0.2, 0.25) is 0 Å². The van der Waals surface area contributed by atoms with Gasteiger partial charge in [-0.3, -0.25) is 0 Å². The second-order valence-electron chi connectivity index (χ2n) is 6.13. The molecule has 0 saturated heterocycles. The van der Waals surface area contributed by atoms with Gasteiger partial charge >= 0.3 is 0 Å². The lowest BCUT2D eigenvalue weighted by atomic mass is 10.1. The summed E-state index contributed by atoms with van der Waals surface area (Å²) in [6, 6.07) is 14.6. The SMILES string of the molecule is CCC1CNc2cc(CCNCc3ccc(OC)cc3)ccc2O1. The lowest BCUT2D eigenvalue weighted by Crippen LogP contribution is -2.30. The third kappa shape index (κ3) is 4.20. The topological polar surface area (TPSA) is 42.5 Å². The highest BCUT2D eigenvalue weighted by Crippen LogP contribution is 2.30. The van der Waals surface area contributed by atoms with Gasteiger partial charge in [0.25, 0.3) is 0 Å². The molecular weight excluding hydrogens is 300 g/mol. The zero-order valence-corrected chi connectivity index (χ0v) is 14.5. The van der Waals surface area contributed by atoms with Crippen LogP contribution in [0.3, 0.4) is 0 Å². The number of nitrogens with one attached hydrogen (secondary N) is 2. The summed E-state index contributed by atoms with van der Waals surface area (Å²) in [7, 11) is 1.69. The van der Waals surface area contributed by atoms with E-state index in [1.165, 1.54) is 11.1 Å². The minimum Gasteiger partial charge on any atom is -0.497 e. The second-order valence-corrected chi connectivity index (χ2v) is 6.13. The molecule has 1 aliphatic rings. The van der Waals surface area contributed by atoms with E-state index in [4.69, 9.17) is 9.47 Å². The van der Waals surface area contributed by atoms with Gasteiger partial charge in [0.05, 0.1) is 19.3 Å². The molecule has 0 bridgehead atoms. The fraction of sp³-hybridized carbons (Fsp3) is 0.400. The summed E-state index contributed by atoms with van der Waals surface area (Å²) in [4.78, 5) is 0. The Labute approximate surface area is 144 Å². The summed E-state index contributed by atoms with van der Waals surface area (Å²) >= 11 is 0. The molecule has 0 aromatic heterocycles. The van der Waals surface area contributed by atoms with E-state index in [0.29, 0.717) is 0 Å². The molecule has 0 saturated carbocycles. The van der Waals surface area contributed by atoms with Crippen LogP contribution in [0.15, 0.2) is 42.5 Å². The maximum atomic E-state index is 5.95. The molecule has 4 heteroatoms. The number of hydrogen-bond donors (Lipinski definition) is 2. The van der Waals surface area contributed by atoms with Crippen molar-refractivity contribution in [2.45, 2.75) is 32.4 Å². The van der Waals surface area contributed by atoms with Crippen molar-refractivity contribution in [1.82, 2.24) is 5.32 Å². The molecule has 128 valence electrons. The molecule has 2 N–H and O–H groups in total. The van der Waals surface area contributed by atoms with Gasteiger partial charge in [-0.2, -0.15) is 0 Å². The molecule has 3 rings (SSSR count). The van der Waals surface area contributed by atoms with E-state index >= 15 is 0 Å². The molecule has 1 atom stereocenters. The van der Waals surface area contributed by atoms with E-state index in [-0.39, 0.29) is 6.10 Å². The fourth-order valence-electron chi connectivity index (χ4n) is 2.86. The number of fused-ring (bicyclic) bond motifs is 1. The predicted molar refractivity (Wildman–Crippen MR) is 98.0 cm³/mol. The number of anilines is 1. The highest BCUT2D eigenvalue weighted by molar-refractivity contribution is 5.59. The van der Waals surface area contributed by atoms with Crippen LogP contribution in [0.25, 0.3) is 0 Å². The molecule has 2 aromatic rings. The average Bonchev–Trinajstić information content (AvgIpc) is 2.65. The Balaban J connectivity index is 1.46. The zero-order valence-electron chi connectivity index (χ0n) is 14.5. The molecule has 1 unspecified atom stereocenters. The third-order valence-electron chi connectivity index (χ3n) is 4.39. The van der Waals surface area contributed by atoms with Crippen molar-refractivity contribution in [2.24, 2.45) is 0 Å². The number of ether oxygens (including phenoxy) is 2. The van der Waals surface area contributed by atoms with Crippen LogP contribution in [-0.2, 0) is 13.0 Å². The molecule has 4 nitrogen and oxygen atoms in total. The first-order chi connectivity index (χ1) is 11.8. The molecule has 0 radical (unpaired) electrons. The number of methoxy groups -OCH3 is 1. The van der Waals surface area contributed by atoms with E-state index in [9.17, 15) is 0 Å². The van der Waals surface area contributed by atoms with Gasteiger partial charge in [-0.15, -0.1) is 0 Å². The van der Waals surface area contributed by atoms with Crippen molar-refractivity contribution in [3.8, 4) is 11.5 Å². The van der Waals surface area contributed by atoms with Gasteiger partial charge in [-0.1, -0.05) is 25.1 Å². The minimum absolute atomic E-state index is 0.287. The standard InChI is InChI=1S/C20H26N2O2/c1-3-17-14-22-19-12-15(6-9-20(19)24-17)10-11-21-13-16-4-7-18(23-2)8-5-16/h4-9,12,17,21-22H,3,10-11,13-14H2,1-2H3. The summed E-state index contributed by atoms with van der Waals surface area (Å²) < 4.78 is 11.1. The van der Waals surface area contributed by atoms with Crippen molar-refractivity contribution in [2.75, 3.05) is 25.5 Å². The van der Waals surface area contributed by atoms with E-state index < -0.39 is 0 Å². The van der Waals surface area contributed by atoms with Crippen LogP contribution in [0, 0.1) is 0 Å².